The van der Waals surface area contributed by atoms with Crippen LogP contribution >= 0.6 is 0 Å². The minimum atomic E-state index is -1.32. The van der Waals surface area contributed by atoms with Crippen LogP contribution in [0.1, 0.15) is 29.1 Å². The van der Waals surface area contributed by atoms with Crippen molar-refractivity contribution in [3.8, 4) is 11.5 Å². The maximum Gasteiger partial charge on any atom is 0.342 e. The van der Waals surface area contributed by atoms with E-state index in [4.69, 9.17) is 18.9 Å². The van der Waals surface area contributed by atoms with Gasteiger partial charge in [0.05, 0.1) is 13.7 Å². The molecule has 0 unspecified atom stereocenters. The number of nitrogens with zero attached hydrogens (tertiary/aromatic N) is 1. The number of esters is 2. The van der Waals surface area contributed by atoms with Crippen LogP contribution in [0.2, 0.25) is 0 Å². The molecule has 0 spiro atoms. The van der Waals surface area contributed by atoms with Gasteiger partial charge >= 0.3 is 17.6 Å². The lowest BCUT2D eigenvalue weighted by atomic mass is 10.1. The fourth-order valence-electron chi connectivity index (χ4n) is 3.51. The van der Waals surface area contributed by atoms with E-state index in [1.165, 1.54) is 19.2 Å². The Kier molecular flexibility index (Phi) is 6.65. The van der Waals surface area contributed by atoms with Crippen LogP contribution in [0.15, 0.2) is 34.0 Å². The van der Waals surface area contributed by atoms with Gasteiger partial charge in [-0.25, -0.2) is 9.59 Å². The molecule has 1 aromatic heterocycles. The first kappa shape index (κ1) is 23.0. The summed E-state index contributed by atoms with van der Waals surface area (Å²) in [5, 5.41) is 19.5. The lowest BCUT2D eigenvalue weighted by Gasteiger charge is -2.24. The van der Waals surface area contributed by atoms with Crippen LogP contribution in [0.4, 0.5) is 0 Å². The maximum atomic E-state index is 13.0. The number of H-pyrrole nitrogens is 1. The summed E-state index contributed by atoms with van der Waals surface area (Å²) in [4.78, 5) is 50.4. The molecule has 3 rings (SSSR count). The van der Waals surface area contributed by atoms with E-state index in [-0.39, 0.29) is 17.1 Å². The van der Waals surface area contributed by atoms with Gasteiger partial charge in [-0.15, -0.1) is 0 Å². The number of aryl methyl sites for hydroxylation is 1. The van der Waals surface area contributed by atoms with Gasteiger partial charge in [0.15, 0.2) is 18.4 Å². The highest BCUT2D eigenvalue weighted by Crippen LogP contribution is 2.35. The lowest BCUT2D eigenvalue weighted by Crippen LogP contribution is -2.42. The summed E-state index contributed by atoms with van der Waals surface area (Å²) in [6, 6.07) is 3.62. The topological polar surface area (TPSA) is 166 Å². The summed E-state index contributed by atoms with van der Waals surface area (Å²) < 4.78 is 22.6. The fourth-order valence-corrected chi connectivity index (χ4v) is 3.51. The van der Waals surface area contributed by atoms with Gasteiger partial charge in [-0.2, -0.15) is 0 Å². The first-order chi connectivity index (χ1) is 15.2. The summed E-state index contributed by atoms with van der Waals surface area (Å²) in [5.74, 6) is -1.72. The number of ether oxygens (including phenoxy) is 4. The Morgan fingerprint density at radius 2 is 1.94 bits per heavy atom. The molecule has 0 aliphatic carbocycles. The number of carbonyl (C=O) groups is 2. The zero-order valence-corrected chi connectivity index (χ0v) is 17.4. The van der Waals surface area contributed by atoms with Gasteiger partial charge in [0, 0.05) is 25.3 Å². The van der Waals surface area contributed by atoms with Crippen LogP contribution in [0.3, 0.4) is 0 Å². The molecule has 32 heavy (non-hydrogen) atoms. The van der Waals surface area contributed by atoms with Gasteiger partial charge in [-0.1, -0.05) is 0 Å². The fraction of sp³-hybridized carbons (Fsp3) is 0.400. The lowest BCUT2D eigenvalue weighted by molar-refractivity contribution is -0.156. The Balaban J connectivity index is 2.00. The standard InChI is InChI=1S/C20H22N2O10/c1-9-6-11(25)7-12(29-3)15(9)19(27)32-16-13(8-23)31-18(17(16)30-10(2)24)22-5-4-14(26)21-20(22)28/h4-7,13,16-18,23,25H,8H2,1-3H3,(H,21,26,28)/t13-,16+,17-,18+/m0/s1. The number of methoxy groups -OCH3 is 1. The van der Waals surface area contributed by atoms with Crippen molar-refractivity contribution in [1.29, 1.82) is 0 Å². The number of hydrogen-bond acceptors (Lipinski definition) is 10. The molecule has 1 aliphatic heterocycles. The second-order valence-corrected chi connectivity index (χ2v) is 7.05. The molecule has 3 N–H and O–H groups in total. The van der Waals surface area contributed by atoms with E-state index in [9.17, 15) is 29.4 Å². The number of carbonyl (C=O) groups excluding carboxylic acids is 2. The minimum absolute atomic E-state index is 0.00761. The molecule has 12 nitrogen and oxygen atoms in total. The van der Waals surface area contributed by atoms with Crippen LogP contribution < -0.4 is 16.0 Å². The highest BCUT2D eigenvalue weighted by atomic mass is 16.6. The van der Waals surface area contributed by atoms with E-state index in [1.807, 2.05) is 0 Å². The Morgan fingerprint density at radius 3 is 2.53 bits per heavy atom. The maximum absolute atomic E-state index is 13.0. The van der Waals surface area contributed by atoms with Crippen molar-refractivity contribution in [2.24, 2.45) is 0 Å². The van der Waals surface area contributed by atoms with Crippen molar-refractivity contribution in [1.82, 2.24) is 9.55 Å². The summed E-state index contributed by atoms with van der Waals surface area (Å²) in [5.41, 5.74) is -1.14. The second-order valence-electron chi connectivity index (χ2n) is 7.05. The molecule has 1 fully saturated rings. The van der Waals surface area contributed by atoms with Crippen LogP contribution in [0.5, 0.6) is 11.5 Å². The Labute approximate surface area is 180 Å². The highest BCUT2D eigenvalue weighted by Gasteiger charge is 2.50. The third-order valence-corrected chi connectivity index (χ3v) is 4.84. The molecule has 0 saturated carbocycles. The van der Waals surface area contributed by atoms with Crippen molar-refractivity contribution < 1.29 is 38.7 Å². The molecule has 1 aliphatic rings. The van der Waals surface area contributed by atoms with E-state index < -0.39 is 54.3 Å². The molecule has 1 saturated heterocycles. The third kappa shape index (κ3) is 4.50. The Hall–Kier alpha value is -3.64. The van der Waals surface area contributed by atoms with E-state index in [1.54, 1.807) is 6.92 Å². The number of aromatic amines is 1. The molecule has 4 atom stereocenters. The summed E-state index contributed by atoms with van der Waals surface area (Å²) in [6.45, 7) is 2.04. The first-order valence-corrected chi connectivity index (χ1v) is 9.49. The number of nitrogens with one attached hydrogen (secondary N) is 1. The second kappa shape index (κ2) is 9.24. The molecular weight excluding hydrogens is 428 g/mol. The van der Waals surface area contributed by atoms with E-state index in [0.717, 1.165) is 23.8 Å². The van der Waals surface area contributed by atoms with Gasteiger partial charge in [0.2, 0.25) is 0 Å². The molecule has 2 aromatic rings. The number of benzene rings is 1. The number of aromatic nitrogens is 2. The predicted molar refractivity (Wildman–Crippen MR) is 106 cm³/mol. The Bertz CT molecular complexity index is 1140. The van der Waals surface area contributed by atoms with Crippen molar-refractivity contribution in [2.75, 3.05) is 13.7 Å². The number of phenols is 1. The molecule has 0 amide bonds. The average Bonchev–Trinajstić information content (AvgIpc) is 3.03. The molecule has 172 valence electrons. The van der Waals surface area contributed by atoms with Crippen LogP contribution in [0, 0.1) is 6.92 Å². The number of aliphatic hydroxyl groups excluding tert-OH is 1. The number of hydrogen-bond donors (Lipinski definition) is 3. The van der Waals surface area contributed by atoms with Crippen molar-refractivity contribution >= 4 is 11.9 Å². The number of aliphatic hydroxyl groups is 1. The number of rotatable bonds is 6. The number of phenolic OH excluding ortho intramolecular Hbond substituents is 1. The van der Waals surface area contributed by atoms with E-state index in [2.05, 4.69) is 4.98 Å². The SMILES string of the molecule is COc1cc(O)cc(C)c1C(=O)O[C@H]1[C@H](OC(C)=O)[C@H](n2ccc(=O)[nH]c2=O)O[C@H]1CO. The van der Waals surface area contributed by atoms with Crippen LogP contribution in [0.25, 0.3) is 0 Å². The van der Waals surface area contributed by atoms with Gasteiger partial charge in [0.25, 0.3) is 5.56 Å². The zero-order valence-electron chi connectivity index (χ0n) is 17.4. The van der Waals surface area contributed by atoms with Gasteiger partial charge in [-0.05, 0) is 18.6 Å². The largest absolute Gasteiger partial charge is 0.508 e. The molecule has 0 bridgehead atoms. The van der Waals surface area contributed by atoms with Crippen molar-refractivity contribution in [3.63, 3.8) is 0 Å². The van der Waals surface area contributed by atoms with Gasteiger partial charge < -0.3 is 29.2 Å². The predicted octanol–water partition coefficient (Wildman–Crippen LogP) is -0.394. The summed E-state index contributed by atoms with van der Waals surface area (Å²) in [7, 11) is 1.31. The number of aromatic hydroxyl groups is 1. The van der Waals surface area contributed by atoms with Crippen molar-refractivity contribution in [2.45, 2.75) is 38.4 Å². The molecule has 12 heteroatoms. The van der Waals surface area contributed by atoms with Gasteiger partial charge in [-0.3, -0.25) is 19.1 Å². The van der Waals surface area contributed by atoms with Gasteiger partial charge in [0.1, 0.15) is 23.2 Å². The summed E-state index contributed by atoms with van der Waals surface area (Å²) >= 11 is 0. The monoisotopic (exact) mass is 450 g/mol. The van der Waals surface area contributed by atoms with Crippen molar-refractivity contribution in [3.05, 3.63) is 56.4 Å². The van der Waals surface area contributed by atoms with Crippen LogP contribution in [-0.2, 0) is 19.0 Å². The van der Waals surface area contributed by atoms with E-state index in [0.29, 0.717) is 5.56 Å². The first-order valence-electron chi connectivity index (χ1n) is 9.49. The minimum Gasteiger partial charge on any atom is -0.508 e. The zero-order chi connectivity index (χ0) is 23.6. The Morgan fingerprint density at radius 1 is 1.22 bits per heavy atom. The normalized spacial score (nSPS) is 22.4. The summed E-state index contributed by atoms with van der Waals surface area (Å²) in [6.07, 6.45) is -3.94. The molecule has 2 heterocycles. The van der Waals surface area contributed by atoms with E-state index >= 15 is 0 Å². The molecule has 1 aromatic carbocycles. The molecule has 0 radical (unpaired) electrons. The molecular formula is C20H22N2O10. The quantitative estimate of drug-likeness (QED) is 0.493. The average molecular weight is 450 g/mol. The van der Waals surface area contributed by atoms with Crippen LogP contribution in [-0.4, -0.2) is 63.7 Å². The highest BCUT2D eigenvalue weighted by molar-refractivity contribution is 5.94. The smallest absolute Gasteiger partial charge is 0.342 e. The third-order valence-electron chi connectivity index (χ3n) is 4.84.